The van der Waals surface area contributed by atoms with Crippen molar-refractivity contribution in [3.8, 4) is 0 Å². The van der Waals surface area contributed by atoms with E-state index in [1.165, 1.54) is 0 Å². The number of fused-ring (bicyclic) bond motifs is 5. The predicted octanol–water partition coefficient (Wildman–Crippen LogP) is 5.38. The molecule has 1 N–H and O–H groups in total. The molecule has 4 rings (SSSR count). The lowest BCUT2D eigenvalue weighted by Gasteiger charge is -2.63. The van der Waals surface area contributed by atoms with Crippen LogP contribution in [0.25, 0.3) is 0 Å². The molecule has 5 heteroatoms. The summed E-state index contributed by atoms with van der Waals surface area (Å²) in [4.78, 5) is 12.3. The summed E-state index contributed by atoms with van der Waals surface area (Å²) in [5, 5.41) is 10.8. The first kappa shape index (κ1) is 19.7. The summed E-state index contributed by atoms with van der Waals surface area (Å²) < 4.78 is 41.5. The Morgan fingerprint density at radius 2 is 1.70 bits per heavy atom. The summed E-state index contributed by atoms with van der Waals surface area (Å²) in [7, 11) is 0. The molecule has 0 radical (unpaired) electrons. The minimum Gasteiger partial charge on any atom is -0.380 e. The van der Waals surface area contributed by atoms with Gasteiger partial charge in [-0.25, -0.2) is 0 Å². The van der Waals surface area contributed by atoms with Crippen molar-refractivity contribution in [1.82, 2.24) is 0 Å². The van der Waals surface area contributed by atoms with Gasteiger partial charge in [0.2, 0.25) is 0 Å². The maximum atomic E-state index is 13.8. The highest BCUT2D eigenvalue weighted by Crippen LogP contribution is 2.71. The van der Waals surface area contributed by atoms with E-state index in [1.54, 1.807) is 6.92 Å². The quantitative estimate of drug-likeness (QED) is 0.607. The van der Waals surface area contributed by atoms with Gasteiger partial charge in [-0.1, -0.05) is 27.7 Å². The van der Waals surface area contributed by atoms with Crippen molar-refractivity contribution in [2.75, 3.05) is 0 Å². The first-order chi connectivity index (χ1) is 12.3. The smallest absolute Gasteiger partial charge is 0.380 e. The number of carbonyl (C=O) groups is 1. The third-order valence-corrected chi connectivity index (χ3v) is 9.79. The van der Waals surface area contributed by atoms with Crippen LogP contribution in [0.5, 0.6) is 0 Å². The monoisotopic (exact) mass is 386 g/mol. The standard InChI is InChI=1S/C22H33F3O2/c1-12-9-14-10-17(26)13(2)11-19(14,3)15-5-7-20(4)16(18(12)15)6-8-21(20,27)22(23,24)25/h12-16,18,27H,5-11H2,1-4H3/t12-,13?,14-,15?,16?,18?,19+,20+,21+/m1/s1. The zero-order valence-corrected chi connectivity index (χ0v) is 16.9. The molecule has 154 valence electrons. The summed E-state index contributed by atoms with van der Waals surface area (Å²) in [5.74, 6) is 1.61. The second-order valence-electron chi connectivity index (χ2n) is 10.8. The highest BCUT2D eigenvalue weighted by Gasteiger charge is 2.73. The molecule has 0 aromatic carbocycles. The van der Waals surface area contributed by atoms with Crippen LogP contribution < -0.4 is 0 Å². The molecule has 2 nitrogen and oxygen atoms in total. The summed E-state index contributed by atoms with van der Waals surface area (Å²) >= 11 is 0. The Morgan fingerprint density at radius 3 is 2.33 bits per heavy atom. The molecule has 0 aromatic rings. The van der Waals surface area contributed by atoms with Gasteiger partial charge in [0.05, 0.1) is 0 Å². The molecule has 0 bridgehead atoms. The Kier molecular flexibility index (Phi) is 4.19. The van der Waals surface area contributed by atoms with Crippen molar-refractivity contribution in [2.45, 2.75) is 84.4 Å². The number of Topliss-reactive ketones (excluding diaryl/α,β-unsaturated/α-hetero) is 1. The van der Waals surface area contributed by atoms with Crippen LogP contribution in [-0.4, -0.2) is 22.7 Å². The minimum atomic E-state index is -4.57. The molecule has 4 unspecified atom stereocenters. The van der Waals surface area contributed by atoms with Crippen LogP contribution in [0.15, 0.2) is 0 Å². The lowest BCUT2D eigenvalue weighted by Crippen LogP contribution is -2.62. The Morgan fingerprint density at radius 1 is 1.07 bits per heavy atom. The molecule has 0 heterocycles. The maximum Gasteiger partial charge on any atom is 0.417 e. The Balaban J connectivity index is 1.71. The van der Waals surface area contributed by atoms with E-state index in [-0.39, 0.29) is 29.6 Å². The summed E-state index contributed by atoms with van der Waals surface area (Å²) in [5.41, 5.74) is -3.59. The van der Waals surface area contributed by atoms with Gasteiger partial charge in [-0.3, -0.25) is 4.79 Å². The third-order valence-electron chi connectivity index (χ3n) is 9.79. The van der Waals surface area contributed by atoms with Crippen LogP contribution >= 0.6 is 0 Å². The molecular weight excluding hydrogens is 353 g/mol. The van der Waals surface area contributed by atoms with E-state index in [2.05, 4.69) is 13.8 Å². The van der Waals surface area contributed by atoms with Crippen LogP contribution in [0, 0.1) is 46.3 Å². The highest BCUT2D eigenvalue weighted by atomic mass is 19.4. The molecular formula is C22H33F3O2. The number of rotatable bonds is 0. The van der Waals surface area contributed by atoms with Crippen LogP contribution in [-0.2, 0) is 4.79 Å². The zero-order valence-electron chi connectivity index (χ0n) is 16.9. The van der Waals surface area contributed by atoms with Crippen molar-refractivity contribution in [3.63, 3.8) is 0 Å². The fourth-order valence-electron chi connectivity index (χ4n) is 8.27. The second kappa shape index (κ2) is 5.73. The van der Waals surface area contributed by atoms with Gasteiger partial charge < -0.3 is 5.11 Å². The molecule has 4 saturated carbocycles. The van der Waals surface area contributed by atoms with Crippen LogP contribution in [0.3, 0.4) is 0 Å². The van der Waals surface area contributed by atoms with Gasteiger partial charge in [0.25, 0.3) is 0 Å². The highest BCUT2D eigenvalue weighted by molar-refractivity contribution is 5.82. The molecule has 9 atom stereocenters. The fraction of sp³-hybridized carbons (Fsp3) is 0.955. The maximum absolute atomic E-state index is 13.8. The van der Waals surface area contributed by atoms with E-state index in [9.17, 15) is 23.1 Å². The molecule has 0 spiro atoms. The number of alkyl halides is 3. The number of carbonyl (C=O) groups excluding carboxylic acids is 1. The molecule has 0 amide bonds. The third kappa shape index (κ3) is 2.39. The average Bonchev–Trinajstić information content (AvgIpc) is 2.83. The number of ketones is 1. The minimum absolute atomic E-state index is 0.0464. The van der Waals surface area contributed by atoms with Gasteiger partial charge in [-0.2, -0.15) is 13.2 Å². The average molecular weight is 386 g/mol. The van der Waals surface area contributed by atoms with Gasteiger partial charge in [-0.15, -0.1) is 0 Å². The number of hydrogen-bond acceptors (Lipinski definition) is 2. The van der Waals surface area contributed by atoms with E-state index in [4.69, 9.17) is 0 Å². The van der Waals surface area contributed by atoms with Gasteiger partial charge in [0, 0.05) is 17.8 Å². The molecule has 27 heavy (non-hydrogen) atoms. The Hall–Kier alpha value is -0.580. The van der Waals surface area contributed by atoms with Crippen molar-refractivity contribution in [2.24, 2.45) is 46.3 Å². The number of halogens is 3. The molecule has 0 aliphatic heterocycles. The first-order valence-corrected chi connectivity index (χ1v) is 10.7. The van der Waals surface area contributed by atoms with E-state index >= 15 is 0 Å². The van der Waals surface area contributed by atoms with E-state index < -0.39 is 17.2 Å². The van der Waals surface area contributed by atoms with Gasteiger partial charge in [0.15, 0.2) is 5.60 Å². The van der Waals surface area contributed by atoms with Crippen LogP contribution in [0.2, 0.25) is 0 Å². The lowest BCUT2D eigenvalue weighted by molar-refractivity contribution is -0.305. The van der Waals surface area contributed by atoms with E-state index in [0.717, 1.165) is 19.3 Å². The SMILES string of the molecule is CC1C[C@]2(C)C3CC[C@@]4(C)C(CC[C@@]4(O)C(F)(F)F)C3[C@H](C)C[C@@H]2CC1=O. The summed E-state index contributed by atoms with van der Waals surface area (Å²) in [6.45, 7) is 8.19. The normalized spacial score (nSPS) is 55.6. The first-order valence-electron chi connectivity index (χ1n) is 10.7. The second-order valence-corrected chi connectivity index (χ2v) is 10.8. The van der Waals surface area contributed by atoms with Crippen molar-refractivity contribution >= 4 is 5.78 Å². The molecule has 4 aliphatic rings. The lowest BCUT2D eigenvalue weighted by atomic mass is 9.42. The summed E-state index contributed by atoms with van der Waals surface area (Å²) in [6, 6.07) is 0. The predicted molar refractivity (Wildman–Crippen MR) is 96.8 cm³/mol. The largest absolute Gasteiger partial charge is 0.417 e. The number of aliphatic hydroxyl groups is 1. The Labute approximate surface area is 160 Å². The van der Waals surface area contributed by atoms with Crippen LogP contribution in [0.4, 0.5) is 13.2 Å². The van der Waals surface area contributed by atoms with E-state index in [1.807, 2.05) is 6.92 Å². The molecule has 4 aliphatic carbocycles. The van der Waals surface area contributed by atoms with Gasteiger partial charge >= 0.3 is 6.18 Å². The summed E-state index contributed by atoms with van der Waals surface area (Å²) in [6.07, 6.45) is -0.639. The van der Waals surface area contributed by atoms with E-state index in [0.29, 0.717) is 42.8 Å². The van der Waals surface area contributed by atoms with Crippen molar-refractivity contribution < 1.29 is 23.1 Å². The van der Waals surface area contributed by atoms with Gasteiger partial charge in [0.1, 0.15) is 5.78 Å². The Bertz CT molecular complexity index is 646. The van der Waals surface area contributed by atoms with Crippen molar-refractivity contribution in [1.29, 1.82) is 0 Å². The van der Waals surface area contributed by atoms with Gasteiger partial charge in [-0.05, 0) is 73.5 Å². The molecule has 0 aromatic heterocycles. The van der Waals surface area contributed by atoms with Crippen LogP contribution in [0.1, 0.15) is 72.6 Å². The molecule has 4 fully saturated rings. The zero-order chi connectivity index (χ0) is 20.0. The van der Waals surface area contributed by atoms with Crippen molar-refractivity contribution in [3.05, 3.63) is 0 Å². The topological polar surface area (TPSA) is 37.3 Å². The molecule has 0 saturated heterocycles. The fourth-order valence-corrected chi connectivity index (χ4v) is 8.27. The number of hydrogen-bond donors (Lipinski definition) is 1.